The van der Waals surface area contributed by atoms with E-state index in [-0.39, 0.29) is 35.5 Å². The number of nitrogens with two attached hydrogens (primary N) is 1. The molecule has 4 saturated carbocycles. The Bertz CT molecular complexity index is 1140. The Balaban J connectivity index is 1.14. The van der Waals surface area contributed by atoms with Gasteiger partial charge in [-0.3, -0.25) is 18.8 Å². The fraction of sp³-hybridized carbons (Fsp3) is 0.630. The molecule has 7 rings (SSSR count). The molecule has 1 saturated heterocycles. The minimum atomic E-state index is -0.348. The van der Waals surface area contributed by atoms with E-state index in [9.17, 15) is 14.4 Å². The molecule has 1 aliphatic heterocycles. The van der Waals surface area contributed by atoms with Gasteiger partial charge < -0.3 is 16.0 Å². The monoisotopic (exact) mass is 477 g/mol. The lowest BCUT2D eigenvalue weighted by molar-refractivity contribution is -0.134. The largest absolute Gasteiger partial charge is 0.369 e. The Morgan fingerprint density at radius 1 is 1.09 bits per heavy atom. The highest BCUT2D eigenvalue weighted by Gasteiger charge is 2.50. The summed E-state index contributed by atoms with van der Waals surface area (Å²) in [5.74, 6) is 1.79. The molecule has 0 spiro atoms. The number of fused-ring (bicyclic) bond motifs is 1. The Morgan fingerprint density at radius 2 is 1.80 bits per heavy atom. The quantitative estimate of drug-likeness (QED) is 0.666. The molecule has 3 N–H and O–H groups in total. The van der Waals surface area contributed by atoms with Crippen molar-refractivity contribution in [3.8, 4) is 0 Å². The second-order valence-electron chi connectivity index (χ2n) is 11.7. The highest BCUT2D eigenvalue weighted by atomic mass is 16.2. The van der Waals surface area contributed by atoms with Crippen molar-refractivity contribution in [2.75, 3.05) is 19.6 Å². The van der Waals surface area contributed by atoms with E-state index in [1.54, 1.807) is 15.5 Å². The first-order valence-corrected chi connectivity index (χ1v) is 13.2. The number of nitrogens with one attached hydrogen (secondary N) is 1. The van der Waals surface area contributed by atoms with E-state index in [0.717, 1.165) is 37.1 Å². The van der Waals surface area contributed by atoms with Crippen molar-refractivity contribution >= 4 is 23.4 Å². The number of amides is 3. The van der Waals surface area contributed by atoms with Crippen molar-refractivity contribution in [1.29, 1.82) is 0 Å². The molecule has 186 valence electrons. The van der Waals surface area contributed by atoms with E-state index >= 15 is 0 Å². The van der Waals surface area contributed by atoms with Crippen LogP contribution in [0.25, 0.3) is 5.65 Å². The molecule has 1 unspecified atom stereocenters. The van der Waals surface area contributed by atoms with Gasteiger partial charge in [0.1, 0.15) is 11.3 Å². The molecule has 35 heavy (non-hydrogen) atoms. The van der Waals surface area contributed by atoms with Crippen molar-refractivity contribution in [1.82, 2.24) is 19.6 Å². The number of hydrogen-bond acceptors (Lipinski definition) is 4. The van der Waals surface area contributed by atoms with Gasteiger partial charge in [0, 0.05) is 25.8 Å². The van der Waals surface area contributed by atoms with Gasteiger partial charge in [0.2, 0.25) is 11.8 Å². The van der Waals surface area contributed by atoms with Gasteiger partial charge in [0.15, 0.2) is 0 Å². The Morgan fingerprint density at radius 3 is 2.49 bits per heavy atom. The summed E-state index contributed by atoms with van der Waals surface area (Å²) in [5.41, 5.74) is 7.56. The predicted octanol–water partition coefficient (Wildman–Crippen LogP) is 2.55. The van der Waals surface area contributed by atoms with E-state index in [1.165, 1.54) is 38.5 Å². The lowest BCUT2D eigenvalue weighted by atomic mass is 9.49. The number of rotatable bonds is 6. The van der Waals surface area contributed by atoms with Crippen molar-refractivity contribution < 1.29 is 14.4 Å². The number of imidazole rings is 1. The summed E-state index contributed by atoms with van der Waals surface area (Å²) in [6.07, 6.45) is 11.4. The average molecular weight is 478 g/mol. The minimum absolute atomic E-state index is 0.0628. The third-order valence-electron chi connectivity index (χ3n) is 9.07. The zero-order valence-corrected chi connectivity index (χ0v) is 20.2. The standard InChI is InChI=1S/C27H35N5O3/c28-25(34)20-3-2-6-31(14-20)24(33)10-21-15-32-22(4-1-5-23(32)30-21)26(35)29-16-27-11-17-7-18(12-27)9-19(8-17)13-27/h1,4-5,15,17-20H,2-3,6-14,16H2,(H2,28,34)(H,29,35). The lowest BCUT2D eigenvalue weighted by Gasteiger charge is -2.56. The van der Waals surface area contributed by atoms with Crippen LogP contribution in [-0.4, -0.2) is 51.6 Å². The zero-order chi connectivity index (χ0) is 24.2. The van der Waals surface area contributed by atoms with Crippen molar-refractivity contribution in [2.24, 2.45) is 34.8 Å². The first-order chi connectivity index (χ1) is 16.9. The Kier molecular flexibility index (Phi) is 5.57. The van der Waals surface area contributed by atoms with Crippen molar-refractivity contribution in [3.05, 3.63) is 35.8 Å². The van der Waals surface area contributed by atoms with E-state index in [4.69, 9.17) is 5.73 Å². The van der Waals surface area contributed by atoms with Crippen LogP contribution in [0, 0.1) is 29.1 Å². The molecular weight excluding hydrogens is 442 g/mol. The van der Waals surface area contributed by atoms with Crippen LogP contribution in [0.1, 0.15) is 67.5 Å². The normalized spacial score (nSPS) is 31.6. The topological polar surface area (TPSA) is 110 Å². The predicted molar refractivity (Wildman–Crippen MR) is 130 cm³/mol. The summed E-state index contributed by atoms with van der Waals surface area (Å²) >= 11 is 0. The lowest BCUT2D eigenvalue weighted by Crippen LogP contribution is -2.51. The van der Waals surface area contributed by atoms with Crippen LogP contribution in [0.4, 0.5) is 0 Å². The third-order valence-corrected chi connectivity index (χ3v) is 9.07. The highest BCUT2D eigenvalue weighted by molar-refractivity contribution is 5.93. The zero-order valence-electron chi connectivity index (χ0n) is 20.2. The molecule has 2 aromatic rings. The highest BCUT2D eigenvalue weighted by Crippen LogP contribution is 2.59. The van der Waals surface area contributed by atoms with Gasteiger partial charge in [-0.15, -0.1) is 0 Å². The summed E-state index contributed by atoms with van der Waals surface area (Å²) in [5, 5.41) is 3.26. The number of nitrogens with zero attached hydrogens (tertiary/aromatic N) is 3. The van der Waals surface area contributed by atoms with Crippen LogP contribution in [0.3, 0.4) is 0 Å². The average Bonchev–Trinajstić information content (AvgIpc) is 3.24. The molecule has 8 heteroatoms. The van der Waals surface area contributed by atoms with Crippen molar-refractivity contribution in [3.63, 3.8) is 0 Å². The number of likely N-dealkylation sites (tertiary alicyclic amines) is 1. The van der Waals surface area contributed by atoms with Crippen LogP contribution in [0.2, 0.25) is 0 Å². The minimum Gasteiger partial charge on any atom is -0.369 e. The molecule has 3 heterocycles. The molecule has 4 bridgehead atoms. The van der Waals surface area contributed by atoms with Crippen LogP contribution in [0.5, 0.6) is 0 Å². The fourth-order valence-electron chi connectivity index (χ4n) is 7.90. The number of carbonyl (C=O) groups is 3. The van der Waals surface area contributed by atoms with E-state index in [1.807, 2.05) is 18.2 Å². The van der Waals surface area contributed by atoms with E-state index < -0.39 is 0 Å². The molecule has 5 fully saturated rings. The van der Waals surface area contributed by atoms with Gasteiger partial charge in [-0.25, -0.2) is 4.98 Å². The molecule has 1 atom stereocenters. The molecule has 0 radical (unpaired) electrons. The number of aromatic nitrogens is 2. The first kappa shape index (κ1) is 22.6. The summed E-state index contributed by atoms with van der Waals surface area (Å²) in [7, 11) is 0. The first-order valence-electron chi connectivity index (χ1n) is 13.2. The molecule has 2 aromatic heterocycles. The SMILES string of the molecule is NC(=O)C1CCCN(C(=O)Cc2cn3c(C(=O)NCC45CC6CC(CC(C6)C4)C5)cccc3n2)C1. The van der Waals surface area contributed by atoms with E-state index in [2.05, 4.69) is 10.3 Å². The molecule has 5 aliphatic rings. The number of primary amides is 1. The Labute approximate surface area is 205 Å². The van der Waals surface area contributed by atoms with Gasteiger partial charge in [-0.05, 0) is 86.7 Å². The number of carbonyl (C=O) groups excluding carboxylic acids is 3. The maximum atomic E-state index is 13.3. The summed E-state index contributed by atoms with van der Waals surface area (Å²) < 4.78 is 1.79. The van der Waals surface area contributed by atoms with Crippen LogP contribution < -0.4 is 11.1 Å². The van der Waals surface area contributed by atoms with Crippen molar-refractivity contribution in [2.45, 2.75) is 57.8 Å². The summed E-state index contributed by atoms with van der Waals surface area (Å²) in [6, 6.07) is 5.51. The number of piperidine rings is 1. The summed E-state index contributed by atoms with van der Waals surface area (Å²) in [6.45, 7) is 1.76. The third kappa shape index (κ3) is 4.32. The van der Waals surface area contributed by atoms with E-state index in [0.29, 0.717) is 30.1 Å². The van der Waals surface area contributed by atoms with Gasteiger partial charge in [0.25, 0.3) is 5.91 Å². The fourth-order valence-corrected chi connectivity index (χ4v) is 7.90. The molecule has 8 nitrogen and oxygen atoms in total. The molecule has 4 aliphatic carbocycles. The maximum absolute atomic E-state index is 13.3. The van der Waals surface area contributed by atoms with Gasteiger partial charge in [-0.2, -0.15) is 0 Å². The number of pyridine rings is 1. The van der Waals surface area contributed by atoms with Crippen LogP contribution in [0.15, 0.2) is 24.4 Å². The molecular formula is C27H35N5O3. The van der Waals surface area contributed by atoms with Gasteiger partial charge >= 0.3 is 0 Å². The van der Waals surface area contributed by atoms with Gasteiger partial charge in [0.05, 0.1) is 18.0 Å². The maximum Gasteiger partial charge on any atom is 0.268 e. The number of hydrogen-bond donors (Lipinski definition) is 2. The molecule has 0 aromatic carbocycles. The van der Waals surface area contributed by atoms with Gasteiger partial charge in [-0.1, -0.05) is 6.07 Å². The van der Waals surface area contributed by atoms with Crippen LogP contribution in [-0.2, 0) is 16.0 Å². The summed E-state index contributed by atoms with van der Waals surface area (Å²) in [4.78, 5) is 44.0. The second kappa shape index (κ2) is 8.64. The van der Waals surface area contributed by atoms with Crippen LogP contribution >= 0.6 is 0 Å². The molecule has 3 amide bonds. The second-order valence-corrected chi connectivity index (χ2v) is 11.7. The smallest absolute Gasteiger partial charge is 0.268 e. The Hall–Kier alpha value is -2.90.